The highest BCUT2D eigenvalue weighted by atomic mass is 16.5. The molecule has 1 amide bonds. The Labute approximate surface area is 114 Å². The van der Waals surface area contributed by atoms with E-state index in [0.717, 1.165) is 12.8 Å². The third kappa shape index (κ3) is 5.41. The third-order valence-corrected chi connectivity index (χ3v) is 3.27. The quantitative estimate of drug-likeness (QED) is 0.627. The number of ether oxygens (including phenoxy) is 1. The molecule has 0 aromatic carbocycles. The summed E-state index contributed by atoms with van der Waals surface area (Å²) in [5.74, 6) is 0.0179. The molecule has 1 aliphatic rings. The average Bonchev–Trinajstić information content (AvgIpc) is 2.68. The first-order valence-corrected chi connectivity index (χ1v) is 7.01. The van der Waals surface area contributed by atoms with E-state index < -0.39 is 0 Å². The Morgan fingerprint density at radius 2 is 2.05 bits per heavy atom. The van der Waals surface area contributed by atoms with E-state index in [1.165, 1.54) is 0 Å². The van der Waals surface area contributed by atoms with E-state index in [1.54, 1.807) is 11.8 Å². The van der Waals surface area contributed by atoms with Crippen molar-refractivity contribution in [3.8, 4) is 0 Å². The Hall–Kier alpha value is -1.39. The topological polar surface area (TPSA) is 63.7 Å². The van der Waals surface area contributed by atoms with Gasteiger partial charge in [0.15, 0.2) is 5.78 Å². The largest absolute Gasteiger partial charge is 0.466 e. The van der Waals surface area contributed by atoms with Crippen LogP contribution in [0, 0.1) is 5.92 Å². The maximum atomic E-state index is 11.7. The van der Waals surface area contributed by atoms with Crippen LogP contribution >= 0.6 is 0 Å². The van der Waals surface area contributed by atoms with Gasteiger partial charge in [-0.15, -0.1) is 0 Å². The summed E-state index contributed by atoms with van der Waals surface area (Å²) in [4.78, 5) is 36.2. The fourth-order valence-corrected chi connectivity index (χ4v) is 2.37. The molecule has 19 heavy (non-hydrogen) atoms. The monoisotopic (exact) mass is 269 g/mol. The number of hydrogen-bond acceptors (Lipinski definition) is 4. The van der Waals surface area contributed by atoms with Crippen molar-refractivity contribution >= 4 is 17.7 Å². The normalized spacial score (nSPS) is 18.7. The highest BCUT2D eigenvalue weighted by Crippen LogP contribution is 2.21. The Balaban J connectivity index is 2.29. The van der Waals surface area contributed by atoms with E-state index in [9.17, 15) is 14.4 Å². The van der Waals surface area contributed by atoms with Crippen LogP contribution < -0.4 is 0 Å². The molecular formula is C14H23NO4. The predicted octanol–water partition coefficient (Wildman–Crippen LogP) is 1.55. The van der Waals surface area contributed by atoms with Crippen molar-refractivity contribution in [3.63, 3.8) is 0 Å². The van der Waals surface area contributed by atoms with Crippen molar-refractivity contribution in [3.05, 3.63) is 0 Å². The molecule has 1 aliphatic heterocycles. The maximum absolute atomic E-state index is 11.7. The fraction of sp³-hybridized carbons (Fsp3) is 0.786. The van der Waals surface area contributed by atoms with Crippen molar-refractivity contribution < 1.29 is 19.1 Å². The van der Waals surface area contributed by atoms with Crippen LogP contribution in [0.1, 0.15) is 46.0 Å². The maximum Gasteiger partial charge on any atom is 0.306 e. The van der Waals surface area contributed by atoms with Gasteiger partial charge in [-0.3, -0.25) is 14.4 Å². The zero-order valence-corrected chi connectivity index (χ0v) is 11.8. The number of hydrogen-bond donors (Lipinski definition) is 0. The number of amides is 1. The lowest BCUT2D eigenvalue weighted by Gasteiger charge is -2.15. The molecule has 108 valence electrons. The molecule has 0 aromatic heterocycles. The van der Waals surface area contributed by atoms with E-state index >= 15 is 0 Å². The van der Waals surface area contributed by atoms with Gasteiger partial charge in [0, 0.05) is 19.4 Å². The van der Waals surface area contributed by atoms with Gasteiger partial charge in [-0.05, 0) is 19.3 Å². The number of carbonyl (C=O) groups excluding carboxylic acids is 3. The van der Waals surface area contributed by atoms with Gasteiger partial charge in [-0.2, -0.15) is 0 Å². The Morgan fingerprint density at radius 3 is 2.68 bits per heavy atom. The van der Waals surface area contributed by atoms with Crippen LogP contribution in [-0.4, -0.2) is 42.3 Å². The van der Waals surface area contributed by atoms with Crippen LogP contribution in [0.25, 0.3) is 0 Å². The number of nitrogens with zero attached hydrogens (tertiary/aromatic N) is 1. The van der Waals surface area contributed by atoms with Gasteiger partial charge in [-0.25, -0.2) is 0 Å². The van der Waals surface area contributed by atoms with Crippen molar-refractivity contribution in [1.29, 1.82) is 0 Å². The molecule has 0 bridgehead atoms. The highest BCUT2D eigenvalue weighted by molar-refractivity contribution is 5.88. The zero-order chi connectivity index (χ0) is 14.3. The standard InChI is InChI=1S/C14H23NO4/c1-3-5-11-8-13(17)15(9-11)10-12(16)6-7-14(18)19-4-2/h11H,3-10H2,1-2H3. The first-order chi connectivity index (χ1) is 9.06. The molecule has 1 rings (SSSR count). The number of ketones is 1. The molecule has 0 aromatic rings. The van der Waals surface area contributed by atoms with E-state index in [4.69, 9.17) is 4.74 Å². The third-order valence-electron chi connectivity index (χ3n) is 3.27. The molecule has 0 aliphatic carbocycles. The molecule has 5 nitrogen and oxygen atoms in total. The van der Waals surface area contributed by atoms with Crippen molar-refractivity contribution in [2.75, 3.05) is 19.7 Å². The lowest BCUT2D eigenvalue weighted by molar-refractivity contribution is -0.144. The molecule has 0 radical (unpaired) electrons. The molecule has 1 heterocycles. The molecular weight excluding hydrogens is 246 g/mol. The number of esters is 1. The fourth-order valence-electron chi connectivity index (χ4n) is 2.37. The SMILES string of the molecule is CCCC1CC(=O)N(CC(=O)CCC(=O)OCC)C1. The minimum Gasteiger partial charge on any atom is -0.466 e. The molecule has 1 fully saturated rings. The summed E-state index contributed by atoms with van der Waals surface area (Å²) in [5.41, 5.74) is 0. The summed E-state index contributed by atoms with van der Waals surface area (Å²) in [6.07, 6.45) is 2.90. The first-order valence-electron chi connectivity index (χ1n) is 7.01. The number of likely N-dealkylation sites (tertiary alicyclic amines) is 1. The number of rotatable bonds is 8. The van der Waals surface area contributed by atoms with Crippen molar-refractivity contribution in [2.24, 2.45) is 5.92 Å². The molecule has 0 saturated carbocycles. The Morgan fingerprint density at radius 1 is 1.32 bits per heavy atom. The lowest BCUT2D eigenvalue weighted by Crippen LogP contribution is -2.31. The van der Waals surface area contributed by atoms with Gasteiger partial charge >= 0.3 is 5.97 Å². The molecule has 5 heteroatoms. The van der Waals surface area contributed by atoms with Gasteiger partial charge in [0.05, 0.1) is 19.6 Å². The summed E-state index contributed by atoms with van der Waals surface area (Å²) in [5, 5.41) is 0. The van der Waals surface area contributed by atoms with Crippen LogP contribution in [0.4, 0.5) is 0 Å². The summed E-state index contributed by atoms with van der Waals surface area (Å²) >= 11 is 0. The van der Waals surface area contributed by atoms with Gasteiger partial charge in [-0.1, -0.05) is 13.3 Å². The summed E-state index contributed by atoms with van der Waals surface area (Å²) in [6.45, 7) is 4.97. The zero-order valence-electron chi connectivity index (χ0n) is 11.8. The van der Waals surface area contributed by atoms with E-state index in [2.05, 4.69) is 6.92 Å². The predicted molar refractivity (Wildman–Crippen MR) is 70.5 cm³/mol. The van der Waals surface area contributed by atoms with Gasteiger partial charge in [0.1, 0.15) is 0 Å². The smallest absolute Gasteiger partial charge is 0.306 e. The lowest BCUT2D eigenvalue weighted by atomic mass is 10.0. The molecule has 1 saturated heterocycles. The van der Waals surface area contributed by atoms with E-state index in [-0.39, 0.29) is 37.0 Å². The van der Waals surface area contributed by atoms with Crippen LogP contribution in [-0.2, 0) is 19.1 Å². The van der Waals surface area contributed by atoms with Crippen molar-refractivity contribution in [1.82, 2.24) is 4.90 Å². The van der Waals surface area contributed by atoms with Gasteiger partial charge in [0.25, 0.3) is 0 Å². The van der Waals surface area contributed by atoms with Crippen molar-refractivity contribution in [2.45, 2.75) is 46.0 Å². The minimum absolute atomic E-state index is 0.0583. The van der Waals surface area contributed by atoms with Crippen LogP contribution in [0.5, 0.6) is 0 Å². The Kier molecular flexibility index (Phi) is 6.53. The minimum atomic E-state index is -0.354. The first kappa shape index (κ1) is 15.7. The molecule has 0 spiro atoms. The van der Waals surface area contributed by atoms with Crippen LogP contribution in [0.15, 0.2) is 0 Å². The summed E-state index contributed by atoms with van der Waals surface area (Å²) in [6, 6.07) is 0. The average molecular weight is 269 g/mol. The summed E-state index contributed by atoms with van der Waals surface area (Å²) in [7, 11) is 0. The number of Topliss-reactive ketones (excluding diaryl/α,β-unsaturated/α-hetero) is 1. The summed E-state index contributed by atoms with van der Waals surface area (Å²) < 4.78 is 4.76. The van der Waals surface area contributed by atoms with Gasteiger partial charge in [0.2, 0.25) is 5.91 Å². The second-order valence-corrected chi connectivity index (χ2v) is 4.98. The Bertz CT molecular complexity index is 340. The molecule has 1 unspecified atom stereocenters. The van der Waals surface area contributed by atoms with E-state index in [1.807, 2.05) is 0 Å². The van der Waals surface area contributed by atoms with Crippen LogP contribution in [0.2, 0.25) is 0 Å². The van der Waals surface area contributed by atoms with Crippen LogP contribution in [0.3, 0.4) is 0 Å². The second kappa shape index (κ2) is 7.92. The highest BCUT2D eigenvalue weighted by Gasteiger charge is 2.29. The van der Waals surface area contributed by atoms with E-state index in [0.29, 0.717) is 25.5 Å². The van der Waals surface area contributed by atoms with Gasteiger partial charge < -0.3 is 9.64 Å². The molecule has 0 N–H and O–H groups in total. The number of carbonyl (C=O) groups is 3. The second-order valence-electron chi connectivity index (χ2n) is 4.98. The molecule has 1 atom stereocenters.